The summed E-state index contributed by atoms with van der Waals surface area (Å²) in [6.07, 6.45) is -0.420. The van der Waals surface area contributed by atoms with Gasteiger partial charge in [-0.15, -0.1) is 15.3 Å². The number of nitrogens with zero attached hydrogens (tertiary/aromatic N) is 4. The van der Waals surface area contributed by atoms with E-state index in [2.05, 4.69) is 19.8 Å². The van der Waals surface area contributed by atoms with Gasteiger partial charge in [-0.1, -0.05) is 40.0 Å². The summed E-state index contributed by atoms with van der Waals surface area (Å²) >= 11 is 8.45. The van der Waals surface area contributed by atoms with E-state index in [1.807, 2.05) is 24.3 Å². The van der Waals surface area contributed by atoms with Crippen molar-refractivity contribution in [2.75, 3.05) is 6.61 Å². The smallest absolute Gasteiger partial charge is 0.277 e. The number of aromatic nitrogens is 4. The number of fused-ring (bicyclic) bond motifs is 1. The molecule has 0 saturated heterocycles. The molecule has 0 fully saturated rings. The van der Waals surface area contributed by atoms with E-state index < -0.39 is 6.10 Å². The maximum atomic E-state index is 5.96. The molecule has 0 spiro atoms. The lowest BCUT2D eigenvalue weighted by atomic mass is 10.2. The summed E-state index contributed by atoms with van der Waals surface area (Å²) in [4.78, 5) is 0. The van der Waals surface area contributed by atoms with E-state index in [0.717, 1.165) is 11.5 Å². The molecule has 4 rings (SSSR count). The number of rotatable bonds is 4. The summed E-state index contributed by atoms with van der Waals surface area (Å²) in [5, 5.41) is 12.4. The van der Waals surface area contributed by atoms with Crippen molar-refractivity contribution in [2.24, 2.45) is 0 Å². The highest BCUT2D eigenvalue weighted by Gasteiger charge is 2.27. The molecule has 1 aromatic carbocycles. The standard InChI is InChI=1S/C13H9ClN4O3S2/c14-11-7(15-18-23-11)6-22-13-17-16-12(21-13)10-5-19-8-3-1-2-4-9(8)20-10/h1-4,10H,5-6H2. The van der Waals surface area contributed by atoms with Crippen LogP contribution in [0.15, 0.2) is 33.9 Å². The lowest BCUT2D eigenvalue weighted by molar-refractivity contribution is 0.0686. The number of thioether (sulfide) groups is 1. The summed E-state index contributed by atoms with van der Waals surface area (Å²) in [7, 11) is 0. The lowest BCUT2D eigenvalue weighted by Crippen LogP contribution is -2.21. The van der Waals surface area contributed by atoms with Crippen LogP contribution in [0, 0.1) is 0 Å². The van der Waals surface area contributed by atoms with E-state index in [1.165, 1.54) is 11.8 Å². The second-order valence-corrected chi connectivity index (χ2v) is 6.84. The Labute approximate surface area is 144 Å². The third-order valence-corrected chi connectivity index (χ3v) is 4.86. The van der Waals surface area contributed by atoms with Crippen molar-refractivity contribution in [2.45, 2.75) is 17.1 Å². The Bertz CT molecular complexity index is 825. The van der Waals surface area contributed by atoms with Gasteiger partial charge in [-0.3, -0.25) is 0 Å². The number of hydrogen-bond donors (Lipinski definition) is 0. The fourth-order valence-corrected chi connectivity index (χ4v) is 3.47. The quantitative estimate of drug-likeness (QED) is 0.648. The first-order chi connectivity index (χ1) is 11.3. The third-order valence-electron chi connectivity index (χ3n) is 3.05. The normalized spacial score (nSPS) is 16.5. The van der Waals surface area contributed by atoms with Gasteiger partial charge in [0.2, 0.25) is 6.10 Å². The Hall–Kier alpha value is -1.84. The second kappa shape index (κ2) is 6.34. The van der Waals surface area contributed by atoms with Gasteiger partial charge in [0.05, 0.1) is 0 Å². The van der Waals surface area contributed by atoms with E-state index in [-0.39, 0.29) is 0 Å². The van der Waals surface area contributed by atoms with Crippen molar-refractivity contribution in [1.82, 2.24) is 19.8 Å². The number of ether oxygens (including phenoxy) is 2. The van der Waals surface area contributed by atoms with Gasteiger partial charge in [0.25, 0.3) is 11.1 Å². The van der Waals surface area contributed by atoms with Crippen LogP contribution in [0.25, 0.3) is 0 Å². The Morgan fingerprint density at radius 2 is 2.09 bits per heavy atom. The minimum absolute atomic E-state index is 0.325. The van der Waals surface area contributed by atoms with Gasteiger partial charge in [0, 0.05) is 17.3 Å². The molecule has 3 aromatic rings. The van der Waals surface area contributed by atoms with Crippen molar-refractivity contribution in [3.05, 3.63) is 40.2 Å². The summed E-state index contributed by atoms with van der Waals surface area (Å²) in [5.41, 5.74) is 0.701. The first-order valence-corrected chi connectivity index (χ1v) is 8.74. The third kappa shape index (κ3) is 3.12. The van der Waals surface area contributed by atoms with Crippen molar-refractivity contribution in [3.8, 4) is 11.5 Å². The molecule has 0 amide bonds. The van der Waals surface area contributed by atoms with Gasteiger partial charge >= 0.3 is 0 Å². The van der Waals surface area contributed by atoms with Crippen molar-refractivity contribution in [1.29, 1.82) is 0 Å². The Balaban J connectivity index is 1.43. The summed E-state index contributed by atoms with van der Waals surface area (Å²) in [6.45, 7) is 0.325. The summed E-state index contributed by atoms with van der Waals surface area (Å²) in [5.74, 6) is 2.27. The molecular formula is C13H9ClN4O3S2. The maximum Gasteiger partial charge on any atom is 0.277 e. The molecule has 3 heterocycles. The van der Waals surface area contributed by atoms with E-state index in [1.54, 1.807) is 0 Å². The fraction of sp³-hybridized carbons (Fsp3) is 0.231. The van der Waals surface area contributed by atoms with Crippen molar-refractivity contribution < 1.29 is 13.9 Å². The Morgan fingerprint density at radius 1 is 1.22 bits per heavy atom. The fourth-order valence-electron chi connectivity index (χ4n) is 1.96. The zero-order valence-electron chi connectivity index (χ0n) is 11.5. The van der Waals surface area contributed by atoms with Crippen LogP contribution in [0.5, 0.6) is 11.5 Å². The van der Waals surface area contributed by atoms with Crippen molar-refractivity contribution in [3.63, 3.8) is 0 Å². The van der Waals surface area contributed by atoms with Crippen LogP contribution in [0.4, 0.5) is 0 Å². The Kier molecular flexibility index (Phi) is 4.06. The average Bonchev–Trinajstić information content (AvgIpc) is 3.21. The van der Waals surface area contributed by atoms with Crippen LogP contribution < -0.4 is 9.47 Å². The predicted molar refractivity (Wildman–Crippen MR) is 84.1 cm³/mol. The molecule has 0 radical (unpaired) electrons. The molecule has 23 heavy (non-hydrogen) atoms. The zero-order chi connectivity index (χ0) is 15.6. The molecule has 10 heteroatoms. The van der Waals surface area contributed by atoms with Gasteiger partial charge in [-0.05, 0) is 12.1 Å². The molecule has 1 aliphatic heterocycles. The molecular weight excluding hydrogens is 360 g/mol. The van der Waals surface area contributed by atoms with Crippen LogP contribution >= 0.6 is 34.9 Å². The minimum atomic E-state index is -0.420. The molecule has 2 aromatic heterocycles. The van der Waals surface area contributed by atoms with E-state index in [9.17, 15) is 0 Å². The van der Waals surface area contributed by atoms with Crippen LogP contribution in [-0.2, 0) is 5.75 Å². The lowest BCUT2D eigenvalue weighted by Gasteiger charge is -2.23. The summed E-state index contributed by atoms with van der Waals surface area (Å²) in [6, 6.07) is 7.46. The number of hydrogen-bond acceptors (Lipinski definition) is 9. The van der Waals surface area contributed by atoms with Crippen molar-refractivity contribution >= 4 is 34.9 Å². The number of halogens is 1. The summed E-state index contributed by atoms with van der Waals surface area (Å²) < 4.78 is 21.4. The Morgan fingerprint density at radius 3 is 2.91 bits per heavy atom. The van der Waals surface area contributed by atoms with Crippen LogP contribution in [-0.4, -0.2) is 26.4 Å². The highest BCUT2D eigenvalue weighted by atomic mass is 35.5. The SMILES string of the molecule is Clc1snnc1CSc1nnc(C2COc3ccccc3O2)o1. The monoisotopic (exact) mass is 368 g/mol. The maximum absolute atomic E-state index is 5.96. The first-order valence-electron chi connectivity index (χ1n) is 6.61. The van der Waals surface area contributed by atoms with Gasteiger partial charge in [-0.2, -0.15) is 0 Å². The number of benzene rings is 1. The largest absolute Gasteiger partial charge is 0.485 e. The van der Waals surface area contributed by atoms with Crippen LogP contribution in [0.2, 0.25) is 4.34 Å². The zero-order valence-corrected chi connectivity index (χ0v) is 13.9. The highest BCUT2D eigenvalue weighted by molar-refractivity contribution is 7.98. The average molecular weight is 369 g/mol. The number of para-hydroxylation sites is 2. The highest BCUT2D eigenvalue weighted by Crippen LogP contribution is 2.36. The van der Waals surface area contributed by atoms with Gasteiger partial charge in [0.15, 0.2) is 11.5 Å². The molecule has 118 valence electrons. The first kappa shape index (κ1) is 14.7. The van der Waals surface area contributed by atoms with Gasteiger partial charge in [0.1, 0.15) is 16.6 Å². The topological polar surface area (TPSA) is 83.2 Å². The molecule has 1 atom stereocenters. The minimum Gasteiger partial charge on any atom is -0.485 e. The second-order valence-electron chi connectivity index (χ2n) is 4.55. The van der Waals surface area contributed by atoms with Gasteiger partial charge < -0.3 is 13.9 Å². The van der Waals surface area contributed by atoms with Crippen LogP contribution in [0.1, 0.15) is 17.7 Å². The van der Waals surface area contributed by atoms with E-state index in [4.69, 9.17) is 25.5 Å². The van der Waals surface area contributed by atoms with Crippen LogP contribution in [0.3, 0.4) is 0 Å². The molecule has 7 nitrogen and oxygen atoms in total. The molecule has 0 bridgehead atoms. The van der Waals surface area contributed by atoms with E-state index in [0.29, 0.717) is 45.0 Å². The molecule has 1 aliphatic rings. The van der Waals surface area contributed by atoms with Gasteiger partial charge in [-0.25, -0.2) is 0 Å². The van der Waals surface area contributed by atoms with E-state index >= 15 is 0 Å². The molecule has 0 saturated carbocycles. The molecule has 0 N–H and O–H groups in total. The predicted octanol–water partition coefficient (Wildman–Crippen LogP) is 3.38. The molecule has 1 unspecified atom stereocenters. The molecule has 0 aliphatic carbocycles.